The Morgan fingerprint density at radius 1 is 0.976 bits per heavy atom. The highest BCUT2D eigenvalue weighted by atomic mass is 32.2. The van der Waals surface area contributed by atoms with Crippen LogP contribution < -0.4 is 14.8 Å². The highest BCUT2D eigenvalue weighted by Crippen LogP contribution is 2.31. The molecule has 4 bridgehead atoms. The summed E-state index contributed by atoms with van der Waals surface area (Å²) < 4.78 is 35.4. The van der Waals surface area contributed by atoms with Crippen LogP contribution in [0.15, 0.2) is 77.7 Å². The molecule has 212 valence electrons. The Balaban J connectivity index is 1.61. The third-order valence-electron chi connectivity index (χ3n) is 6.99. The molecule has 2 N–H and O–H groups in total. The van der Waals surface area contributed by atoms with Gasteiger partial charge in [0.1, 0.15) is 6.61 Å². The molecule has 1 amide bonds. The van der Waals surface area contributed by atoms with Crippen LogP contribution in [0.1, 0.15) is 52.9 Å². The van der Waals surface area contributed by atoms with Crippen molar-refractivity contribution in [1.82, 2.24) is 15.3 Å². The monoisotopic (exact) mass is 570 g/mol. The lowest BCUT2D eigenvalue weighted by atomic mass is 9.94. The van der Waals surface area contributed by atoms with Crippen molar-refractivity contribution in [3.63, 3.8) is 0 Å². The fourth-order valence-electron chi connectivity index (χ4n) is 5.02. The summed E-state index contributed by atoms with van der Waals surface area (Å²) in [5, 5.41) is 3.00. The van der Waals surface area contributed by atoms with Gasteiger partial charge in [-0.05, 0) is 67.5 Å². The van der Waals surface area contributed by atoms with Gasteiger partial charge < -0.3 is 10.1 Å². The second-order valence-electron chi connectivity index (χ2n) is 10.9. The summed E-state index contributed by atoms with van der Waals surface area (Å²) in [4.78, 5) is 22.0. The topological polar surface area (TPSA) is 110 Å². The van der Waals surface area contributed by atoms with Gasteiger partial charge in [-0.25, -0.2) is 18.1 Å². The first-order valence-corrected chi connectivity index (χ1v) is 15.2. The number of amides is 1. The van der Waals surface area contributed by atoms with Gasteiger partial charge in [0, 0.05) is 17.2 Å². The van der Waals surface area contributed by atoms with Gasteiger partial charge in [0.25, 0.3) is 15.9 Å². The second kappa shape index (κ2) is 11.7. The lowest BCUT2D eigenvalue weighted by Gasteiger charge is -2.21. The highest BCUT2D eigenvalue weighted by molar-refractivity contribution is 7.92. The normalized spacial score (nSPS) is 16.4. The first-order chi connectivity index (χ1) is 19.6. The van der Waals surface area contributed by atoms with Gasteiger partial charge in [-0.2, -0.15) is 4.98 Å². The molecule has 1 aromatic heterocycles. The van der Waals surface area contributed by atoms with Crippen LogP contribution in [0.3, 0.4) is 0 Å². The van der Waals surface area contributed by atoms with Crippen molar-refractivity contribution in [3.8, 4) is 17.1 Å². The van der Waals surface area contributed by atoms with E-state index in [0.717, 1.165) is 22.3 Å². The summed E-state index contributed by atoms with van der Waals surface area (Å²) in [6.07, 6.45) is 1.35. The van der Waals surface area contributed by atoms with Gasteiger partial charge in [0.15, 0.2) is 0 Å². The maximum Gasteiger partial charge on any atom is 0.264 e. The fourth-order valence-corrected chi connectivity index (χ4v) is 6.01. The summed E-state index contributed by atoms with van der Waals surface area (Å²) in [6, 6.07) is 21.8. The van der Waals surface area contributed by atoms with E-state index >= 15 is 0 Å². The Bertz CT molecular complexity index is 1680. The number of hydrogen-bond acceptors (Lipinski definition) is 6. The number of nitrogens with zero attached hydrogens (tertiary/aromatic N) is 2. The molecule has 1 atom stereocenters. The van der Waals surface area contributed by atoms with Crippen LogP contribution >= 0.6 is 0 Å². The lowest BCUT2D eigenvalue weighted by Crippen LogP contribution is -2.40. The molecule has 0 unspecified atom stereocenters. The quantitative estimate of drug-likeness (QED) is 0.319. The number of carbonyl (C=O) groups is 1. The predicted molar refractivity (Wildman–Crippen MR) is 160 cm³/mol. The van der Waals surface area contributed by atoms with E-state index in [1.807, 2.05) is 19.1 Å². The smallest absolute Gasteiger partial charge is 0.264 e. The van der Waals surface area contributed by atoms with Crippen LogP contribution in [-0.2, 0) is 16.4 Å². The molecule has 0 saturated heterocycles. The van der Waals surface area contributed by atoms with Crippen LogP contribution in [-0.4, -0.2) is 36.9 Å². The summed E-state index contributed by atoms with van der Waals surface area (Å²) in [7, 11) is -4.10. The molecule has 3 aromatic carbocycles. The summed E-state index contributed by atoms with van der Waals surface area (Å²) in [6.45, 7) is 8.36. The van der Waals surface area contributed by atoms with E-state index in [2.05, 4.69) is 71.1 Å². The summed E-state index contributed by atoms with van der Waals surface area (Å²) in [5.41, 5.74) is 6.05. The van der Waals surface area contributed by atoms with Crippen molar-refractivity contribution >= 4 is 21.9 Å². The minimum atomic E-state index is -4.10. The number of hydrogen-bond donors (Lipinski definition) is 2. The van der Waals surface area contributed by atoms with Crippen molar-refractivity contribution in [3.05, 3.63) is 101 Å². The van der Waals surface area contributed by atoms with Crippen LogP contribution in [0, 0.1) is 19.8 Å². The minimum absolute atomic E-state index is 0.0581. The summed E-state index contributed by atoms with van der Waals surface area (Å²) >= 11 is 0. The molecule has 2 heterocycles. The molecule has 0 saturated carbocycles. The van der Waals surface area contributed by atoms with Gasteiger partial charge in [0.2, 0.25) is 11.8 Å². The molecule has 4 aromatic rings. The van der Waals surface area contributed by atoms with Crippen molar-refractivity contribution in [2.45, 2.75) is 51.5 Å². The van der Waals surface area contributed by atoms with Crippen LogP contribution in [0.2, 0.25) is 0 Å². The first-order valence-electron chi connectivity index (χ1n) is 13.7. The number of benzene rings is 3. The Morgan fingerprint density at radius 2 is 1.73 bits per heavy atom. The van der Waals surface area contributed by atoms with Crippen molar-refractivity contribution in [2.24, 2.45) is 5.92 Å². The van der Waals surface area contributed by atoms with Crippen LogP contribution in [0.5, 0.6) is 5.88 Å². The van der Waals surface area contributed by atoms with Crippen molar-refractivity contribution in [1.29, 1.82) is 0 Å². The maximum absolute atomic E-state index is 13.4. The van der Waals surface area contributed by atoms with Gasteiger partial charge in [0.05, 0.1) is 16.6 Å². The summed E-state index contributed by atoms with van der Waals surface area (Å²) in [5.74, 6) is 0.0352. The molecule has 0 fully saturated rings. The minimum Gasteiger partial charge on any atom is -0.475 e. The number of sulfonamides is 1. The standard InChI is InChI=1S/C32H34N4O4S/c1-20(2)15-26-19-40-29-18-28(30-22(4)7-5-8-24(30)16-23-13-11-21(3)12-14-23)34-32(35-29)36-41(38,39)27-10-6-9-25(17-27)31(37)33-26/h5-14,17-18,20,26H,15-16,19H2,1-4H3,(H,33,37)(H,34,35,36)/t26-/m1/s1. The fraction of sp³-hybridized carbons (Fsp3) is 0.281. The Labute approximate surface area is 241 Å². The van der Waals surface area contributed by atoms with Gasteiger partial charge in [-0.15, -0.1) is 0 Å². The van der Waals surface area contributed by atoms with Crippen LogP contribution in [0.25, 0.3) is 11.3 Å². The first kappa shape index (κ1) is 28.3. The average molecular weight is 571 g/mol. The maximum atomic E-state index is 13.4. The lowest BCUT2D eigenvalue weighted by molar-refractivity contribution is 0.0913. The zero-order valence-corrected chi connectivity index (χ0v) is 24.5. The van der Waals surface area contributed by atoms with E-state index in [4.69, 9.17) is 4.74 Å². The van der Waals surface area contributed by atoms with Crippen molar-refractivity contribution < 1.29 is 17.9 Å². The van der Waals surface area contributed by atoms with E-state index in [-0.39, 0.29) is 40.8 Å². The van der Waals surface area contributed by atoms with Crippen LogP contribution in [0.4, 0.5) is 5.95 Å². The SMILES string of the molecule is Cc1ccc(Cc2cccc(C)c2-c2cc3nc(n2)NS(=O)(=O)c2cccc(c2)C(=O)N[C@H](CC(C)C)CO3)cc1. The number of aryl methyl sites for hydroxylation is 2. The molecule has 1 aliphatic rings. The predicted octanol–water partition coefficient (Wildman–Crippen LogP) is 5.69. The molecule has 9 heteroatoms. The number of ether oxygens (including phenoxy) is 1. The molecule has 41 heavy (non-hydrogen) atoms. The number of nitrogens with one attached hydrogen (secondary N) is 2. The third-order valence-corrected chi connectivity index (χ3v) is 8.31. The van der Waals surface area contributed by atoms with Gasteiger partial charge in [-0.3, -0.25) is 4.79 Å². The molecule has 8 nitrogen and oxygen atoms in total. The van der Waals surface area contributed by atoms with E-state index < -0.39 is 10.0 Å². The highest BCUT2D eigenvalue weighted by Gasteiger charge is 2.23. The van der Waals surface area contributed by atoms with Crippen molar-refractivity contribution in [2.75, 3.05) is 11.3 Å². The average Bonchev–Trinajstić information content (AvgIpc) is 2.92. The zero-order valence-electron chi connectivity index (χ0n) is 23.6. The van der Waals surface area contributed by atoms with Gasteiger partial charge in [-0.1, -0.05) is 67.9 Å². The molecule has 0 radical (unpaired) electrons. The zero-order chi connectivity index (χ0) is 29.1. The molecule has 1 aliphatic heterocycles. The number of fused-ring (bicyclic) bond motifs is 4. The molecular weight excluding hydrogens is 536 g/mol. The van der Waals surface area contributed by atoms with Gasteiger partial charge >= 0.3 is 0 Å². The second-order valence-corrected chi connectivity index (χ2v) is 12.6. The molecule has 0 spiro atoms. The number of anilines is 1. The number of aromatic nitrogens is 2. The number of rotatable bonds is 5. The molecule has 5 rings (SSSR count). The molecular formula is C32H34N4O4S. The van der Waals surface area contributed by atoms with E-state index in [1.54, 1.807) is 18.2 Å². The number of carbonyl (C=O) groups excluding carboxylic acids is 1. The third kappa shape index (κ3) is 6.74. The van der Waals surface area contributed by atoms with E-state index in [9.17, 15) is 13.2 Å². The largest absolute Gasteiger partial charge is 0.475 e. The Morgan fingerprint density at radius 3 is 2.49 bits per heavy atom. The van der Waals surface area contributed by atoms with E-state index in [0.29, 0.717) is 24.5 Å². The molecule has 0 aliphatic carbocycles. The Kier molecular flexibility index (Phi) is 8.08. The Hall–Kier alpha value is -4.24. The van der Waals surface area contributed by atoms with E-state index in [1.165, 1.54) is 17.7 Å².